The van der Waals surface area contributed by atoms with Gasteiger partial charge in [-0.15, -0.1) is 0 Å². The number of fused-ring (bicyclic) bond motifs is 7. The van der Waals surface area contributed by atoms with Gasteiger partial charge in [-0.1, -0.05) is 66.1 Å². The summed E-state index contributed by atoms with van der Waals surface area (Å²) in [5, 5.41) is 2.08. The average molecular weight is 346 g/mol. The maximum Gasteiger partial charge on any atom is 0.177 e. The molecule has 1 aromatic heterocycles. The summed E-state index contributed by atoms with van der Waals surface area (Å²) in [7, 11) is 5.96. The molecule has 1 aliphatic carbocycles. The fourth-order valence-corrected chi connectivity index (χ4v) is 4.23. The number of allylic oxidation sites excluding steroid dienone is 2. The molecule has 0 saturated heterocycles. The highest BCUT2D eigenvalue weighted by atomic mass is 16.5. The molecule has 0 amide bonds. The summed E-state index contributed by atoms with van der Waals surface area (Å²) in [5.41, 5.74) is 6.01. The molecule has 2 atom stereocenters. The minimum absolute atomic E-state index is 0.0105. The molecule has 27 heavy (non-hydrogen) atoms. The topological polar surface area (TPSA) is 22.4 Å². The Morgan fingerprint density at radius 1 is 0.889 bits per heavy atom. The zero-order valence-corrected chi connectivity index (χ0v) is 14.6. The van der Waals surface area contributed by atoms with Crippen molar-refractivity contribution in [2.45, 2.75) is 12.0 Å². The van der Waals surface area contributed by atoms with E-state index in [1.54, 1.807) is 0 Å². The molecule has 1 aliphatic heterocycles. The SMILES string of the molecule is [B]c1ccc2oc3c4c(ccc3c2c1)C1C=C(c2ccccc2)C=CC1O4. The molecular weight excluding hydrogens is 331 g/mol. The molecule has 3 heteroatoms. The Bertz CT molecular complexity index is 1260. The van der Waals surface area contributed by atoms with Crippen LogP contribution in [0.4, 0.5) is 0 Å². The monoisotopic (exact) mass is 346 g/mol. The lowest BCUT2D eigenvalue weighted by molar-refractivity contribution is 0.269. The Morgan fingerprint density at radius 2 is 1.78 bits per heavy atom. The van der Waals surface area contributed by atoms with E-state index in [0.29, 0.717) is 0 Å². The van der Waals surface area contributed by atoms with Gasteiger partial charge in [-0.05, 0) is 29.3 Å². The third kappa shape index (κ3) is 2.15. The van der Waals surface area contributed by atoms with Crippen LogP contribution in [0.2, 0.25) is 0 Å². The first-order chi connectivity index (χ1) is 13.3. The van der Waals surface area contributed by atoms with Gasteiger partial charge in [0, 0.05) is 22.3 Å². The second-order valence-corrected chi connectivity index (χ2v) is 7.17. The number of rotatable bonds is 1. The second-order valence-electron chi connectivity index (χ2n) is 7.17. The van der Waals surface area contributed by atoms with Gasteiger partial charge in [0.05, 0.1) is 0 Å². The molecule has 4 aromatic rings. The van der Waals surface area contributed by atoms with Gasteiger partial charge in [0.2, 0.25) is 0 Å². The van der Waals surface area contributed by atoms with Crippen LogP contribution in [0.5, 0.6) is 5.75 Å². The van der Waals surface area contributed by atoms with E-state index in [0.717, 1.165) is 33.2 Å². The summed E-state index contributed by atoms with van der Waals surface area (Å²) >= 11 is 0. The number of ether oxygens (including phenoxy) is 1. The quantitative estimate of drug-likeness (QED) is 0.459. The van der Waals surface area contributed by atoms with E-state index in [2.05, 4.69) is 54.6 Å². The number of hydrogen-bond acceptors (Lipinski definition) is 2. The van der Waals surface area contributed by atoms with Crippen LogP contribution in [0, 0.1) is 0 Å². The molecular formula is C24H15BO2. The molecule has 2 radical (unpaired) electrons. The molecule has 0 bridgehead atoms. The minimum atomic E-state index is 0.0105. The molecule has 0 spiro atoms. The van der Waals surface area contributed by atoms with Crippen molar-refractivity contribution in [3.63, 3.8) is 0 Å². The number of hydrogen-bond donors (Lipinski definition) is 0. The van der Waals surface area contributed by atoms with Crippen molar-refractivity contribution in [2.24, 2.45) is 0 Å². The summed E-state index contributed by atoms with van der Waals surface area (Å²) in [5.74, 6) is 1.05. The van der Waals surface area contributed by atoms with Gasteiger partial charge in [-0.25, -0.2) is 0 Å². The third-order valence-corrected chi connectivity index (χ3v) is 5.55. The van der Waals surface area contributed by atoms with E-state index in [9.17, 15) is 0 Å². The van der Waals surface area contributed by atoms with Gasteiger partial charge in [0.1, 0.15) is 19.5 Å². The van der Waals surface area contributed by atoms with Gasteiger partial charge in [-0.3, -0.25) is 0 Å². The highest BCUT2D eigenvalue weighted by Gasteiger charge is 2.36. The van der Waals surface area contributed by atoms with Crippen molar-refractivity contribution in [3.8, 4) is 5.75 Å². The van der Waals surface area contributed by atoms with Crippen molar-refractivity contribution in [2.75, 3.05) is 0 Å². The molecule has 0 fully saturated rings. The Hall–Kier alpha value is -3.20. The van der Waals surface area contributed by atoms with Crippen LogP contribution in [0.3, 0.4) is 0 Å². The van der Waals surface area contributed by atoms with E-state index in [1.165, 1.54) is 16.7 Å². The van der Waals surface area contributed by atoms with Crippen molar-refractivity contribution in [1.82, 2.24) is 0 Å². The maximum absolute atomic E-state index is 6.31. The highest BCUT2D eigenvalue weighted by Crippen LogP contribution is 2.48. The smallest absolute Gasteiger partial charge is 0.177 e. The molecule has 3 aromatic carbocycles. The largest absolute Gasteiger partial charge is 0.481 e. The van der Waals surface area contributed by atoms with E-state index < -0.39 is 0 Å². The molecule has 0 saturated carbocycles. The molecule has 0 N–H and O–H groups in total. The zero-order valence-electron chi connectivity index (χ0n) is 14.6. The first-order valence-electron chi connectivity index (χ1n) is 9.15. The van der Waals surface area contributed by atoms with Gasteiger partial charge >= 0.3 is 0 Å². The van der Waals surface area contributed by atoms with Gasteiger partial charge < -0.3 is 9.15 Å². The van der Waals surface area contributed by atoms with E-state index in [4.69, 9.17) is 17.0 Å². The zero-order chi connectivity index (χ0) is 18.0. The fourth-order valence-electron chi connectivity index (χ4n) is 4.23. The van der Waals surface area contributed by atoms with Crippen LogP contribution in [0.15, 0.2) is 83.3 Å². The lowest BCUT2D eigenvalue weighted by atomic mass is 9.86. The van der Waals surface area contributed by atoms with Gasteiger partial charge in [-0.2, -0.15) is 0 Å². The summed E-state index contributed by atoms with van der Waals surface area (Å²) in [6.07, 6.45) is 6.62. The van der Waals surface area contributed by atoms with Crippen LogP contribution in [0.1, 0.15) is 17.0 Å². The van der Waals surface area contributed by atoms with Crippen LogP contribution >= 0.6 is 0 Å². The van der Waals surface area contributed by atoms with Crippen LogP contribution in [-0.4, -0.2) is 14.0 Å². The Balaban J connectivity index is 1.53. The average Bonchev–Trinajstić information content (AvgIpc) is 3.26. The van der Waals surface area contributed by atoms with E-state index in [1.807, 2.05) is 24.3 Å². The summed E-state index contributed by atoms with van der Waals surface area (Å²) in [6, 6.07) is 20.5. The molecule has 2 heterocycles. The number of benzene rings is 3. The molecule has 6 rings (SSSR count). The standard InChI is InChI=1S/C24H15BO2/c25-16-7-11-22-20(13-16)18-9-8-17-19-12-15(14-4-2-1-3-5-14)6-10-21(19)26-23(17)24(18)27-22/h1-13,19,21H. The predicted molar refractivity (Wildman–Crippen MR) is 110 cm³/mol. The molecule has 2 unspecified atom stereocenters. The molecule has 2 aliphatic rings. The van der Waals surface area contributed by atoms with Gasteiger partial charge in [0.15, 0.2) is 11.3 Å². The van der Waals surface area contributed by atoms with E-state index >= 15 is 0 Å². The van der Waals surface area contributed by atoms with Crippen molar-refractivity contribution >= 4 is 40.8 Å². The second kappa shape index (κ2) is 5.40. The maximum atomic E-state index is 6.31. The van der Waals surface area contributed by atoms with Crippen LogP contribution < -0.4 is 10.2 Å². The van der Waals surface area contributed by atoms with Crippen molar-refractivity contribution in [3.05, 3.63) is 90.0 Å². The summed E-state index contributed by atoms with van der Waals surface area (Å²) in [4.78, 5) is 0. The lowest BCUT2D eigenvalue weighted by Gasteiger charge is -2.18. The Kier molecular flexibility index (Phi) is 2.98. The molecule has 2 nitrogen and oxygen atoms in total. The highest BCUT2D eigenvalue weighted by molar-refractivity contribution is 6.33. The lowest BCUT2D eigenvalue weighted by Crippen LogP contribution is -2.16. The third-order valence-electron chi connectivity index (χ3n) is 5.55. The summed E-state index contributed by atoms with van der Waals surface area (Å²) in [6.45, 7) is 0. The molecule has 126 valence electrons. The van der Waals surface area contributed by atoms with Crippen LogP contribution in [-0.2, 0) is 0 Å². The summed E-state index contributed by atoms with van der Waals surface area (Å²) < 4.78 is 12.5. The number of furan rings is 1. The van der Waals surface area contributed by atoms with Crippen molar-refractivity contribution in [1.29, 1.82) is 0 Å². The van der Waals surface area contributed by atoms with Crippen LogP contribution in [0.25, 0.3) is 27.5 Å². The first kappa shape index (κ1) is 14.9. The predicted octanol–water partition coefficient (Wildman–Crippen LogP) is 4.88. The normalized spacial score (nSPS) is 20.4. The van der Waals surface area contributed by atoms with Crippen molar-refractivity contribution < 1.29 is 9.15 Å². The van der Waals surface area contributed by atoms with Gasteiger partial charge in [0.25, 0.3) is 0 Å². The fraction of sp³-hybridized carbons (Fsp3) is 0.0833. The first-order valence-corrected chi connectivity index (χ1v) is 9.15. The Labute approximate surface area is 158 Å². The Morgan fingerprint density at radius 3 is 2.67 bits per heavy atom. The van der Waals surface area contributed by atoms with E-state index in [-0.39, 0.29) is 12.0 Å². The minimum Gasteiger partial charge on any atom is -0.481 e.